The molecule has 2 aliphatic carbocycles. The summed E-state index contributed by atoms with van der Waals surface area (Å²) in [6.07, 6.45) is 1.88. The predicted octanol–water partition coefficient (Wildman–Crippen LogP) is 12.0. The Hall–Kier alpha value is -6.72. The van der Waals surface area contributed by atoms with Crippen LogP contribution in [0.2, 0.25) is 0 Å². The normalized spacial score (nSPS) is 14.5. The number of rotatable bonds is 4. The summed E-state index contributed by atoms with van der Waals surface area (Å²) in [4.78, 5) is 20.6. The molecule has 0 aliphatic heterocycles. The third-order valence-electron chi connectivity index (χ3n) is 12.1. The average molecular weight is 708 g/mol. The fraction of sp³-hybridized carbons (Fsp3) is 0.120. The Balaban J connectivity index is 1.08. The van der Waals surface area contributed by atoms with E-state index in [0.29, 0.717) is 17.5 Å². The van der Waals surface area contributed by atoms with Crippen LogP contribution in [0.25, 0.3) is 84.0 Å². The van der Waals surface area contributed by atoms with Gasteiger partial charge in [-0.2, -0.15) is 0 Å². The van der Waals surface area contributed by atoms with Gasteiger partial charge in [0.05, 0.1) is 5.52 Å². The van der Waals surface area contributed by atoms with Crippen molar-refractivity contribution in [2.75, 3.05) is 0 Å². The Bertz CT molecular complexity index is 2990. The predicted molar refractivity (Wildman–Crippen MR) is 223 cm³/mol. The Kier molecular flexibility index (Phi) is 6.58. The molecule has 5 heteroatoms. The molecule has 0 N–H and O–H groups in total. The highest BCUT2D eigenvalue weighted by Crippen LogP contribution is 2.53. The Labute approximate surface area is 320 Å². The van der Waals surface area contributed by atoms with E-state index < -0.39 is 0 Å². The van der Waals surface area contributed by atoms with Gasteiger partial charge in [0.1, 0.15) is 5.65 Å². The standard InChI is InChI=1S/C50H37N5/c1-49(2)40-21-10-8-16-33(40)34-25-23-31(28-41(34)49)46-52-45(30-14-6-5-7-15-30)53-47(54-46)39-19-12-18-37-35-26-24-32(29-42(35)50(3,4)44(37)39)55-43-22-11-9-17-36(43)38-20-13-27-51-48(38)55/h5-29H,1-4H3. The fourth-order valence-electron chi connectivity index (χ4n) is 9.44. The lowest BCUT2D eigenvalue weighted by Gasteiger charge is -2.25. The summed E-state index contributed by atoms with van der Waals surface area (Å²) in [6.45, 7) is 9.28. The number of hydrogen-bond donors (Lipinski definition) is 0. The van der Waals surface area contributed by atoms with E-state index in [2.05, 4.69) is 154 Å². The molecule has 0 atom stereocenters. The van der Waals surface area contributed by atoms with Gasteiger partial charge in [-0.15, -0.1) is 0 Å². The first-order valence-electron chi connectivity index (χ1n) is 19.0. The maximum absolute atomic E-state index is 5.32. The van der Waals surface area contributed by atoms with Crippen molar-refractivity contribution in [3.05, 3.63) is 174 Å². The molecule has 3 aromatic heterocycles. The van der Waals surface area contributed by atoms with Crippen LogP contribution in [0.5, 0.6) is 0 Å². The number of nitrogens with zero attached hydrogens (tertiary/aromatic N) is 5. The quantitative estimate of drug-likeness (QED) is 0.183. The summed E-state index contributed by atoms with van der Waals surface area (Å²) in [7, 11) is 0. The topological polar surface area (TPSA) is 56.5 Å². The first-order valence-corrected chi connectivity index (χ1v) is 19.0. The van der Waals surface area contributed by atoms with Crippen LogP contribution in [0, 0.1) is 0 Å². The van der Waals surface area contributed by atoms with Crippen molar-refractivity contribution in [3.8, 4) is 62.1 Å². The third-order valence-corrected chi connectivity index (χ3v) is 12.1. The summed E-state index contributed by atoms with van der Waals surface area (Å²) in [5.41, 5.74) is 15.9. The molecule has 0 saturated heterocycles. The molecule has 3 heterocycles. The molecule has 262 valence electrons. The number of aromatic nitrogens is 5. The molecule has 0 spiro atoms. The minimum Gasteiger partial charge on any atom is -0.294 e. The van der Waals surface area contributed by atoms with Crippen LogP contribution in [-0.2, 0) is 10.8 Å². The number of pyridine rings is 1. The Morgan fingerprint density at radius 1 is 0.436 bits per heavy atom. The van der Waals surface area contributed by atoms with Crippen LogP contribution < -0.4 is 0 Å². The summed E-state index contributed by atoms with van der Waals surface area (Å²) >= 11 is 0. The number of hydrogen-bond acceptors (Lipinski definition) is 4. The van der Waals surface area contributed by atoms with Gasteiger partial charge in [0.25, 0.3) is 0 Å². The maximum Gasteiger partial charge on any atom is 0.164 e. The van der Waals surface area contributed by atoms with Crippen molar-refractivity contribution < 1.29 is 0 Å². The number of para-hydroxylation sites is 1. The number of fused-ring (bicyclic) bond motifs is 9. The van der Waals surface area contributed by atoms with Crippen LogP contribution >= 0.6 is 0 Å². The molecule has 0 bridgehead atoms. The van der Waals surface area contributed by atoms with Gasteiger partial charge in [-0.1, -0.05) is 137 Å². The smallest absolute Gasteiger partial charge is 0.164 e. The van der Waals surface area contributed by atoms with Gasteiger partial charge in [0.15, 0.2) is 17.5 Å². The van der Waals surface area contributed by atoms with Crippen LogP contribution in [-0.4, -0.2) is 24.5 Å². The van der Waals surface area contributed by atoms with E-state index in [1.165, 1.54) is 49.9 Å². The van der Waals surface area contributed by atoms with Gasteiger partial charge in [-0.3, -0.25) is 4.57 Å². The highest BCUT2D eigenvalue weighted by molar-refractivity contribution is 6.08. The van der Waals surface area contributed by atoms with Gasteiger partial charge in [0, 0.05) is 50.2 Å². The maximum atomic E-state index is 5.32. The molecular formula is C50H37N5. The minimum absolute atomic E-state index is 0.135. The van der Waals surface area contributed by atoms with Crippen LogP contribution in [0.3, 0.4) is 0 Å². The van der Waals surface area contributed by atoms with Crippen molar-refractivity contribution in [3.63, 3.8) is 0 Å². The van der Waals surface area contributed by atoms with Crippen molar-refractivity contribution in [1.82, 2.24) is 24.5 Å². The lowest BCUT2D eigenvalue weighted by molar-refractivity contribution is 0.660. The monoisotopic (exact) mass is 707 g/mol. The molecular weight excluding hydrogens is 671 g/mol. The van der Waals surface area contributed by atoms with E-state index in [0.717, 1.165) is 38.9 Å². The zero-order chi connectivity index (χ0) is 37.1. The number of benzene rings is 6. The summed E-state index contributed by atoms with van der Waals surface area (Å²) in [6, 6.07) is 51.9. The van der Waals surface area contributed by atoms with Gasteiger partial charge >= 0.3 is 0 Å². The molecule has 5 nitrogen and oxygen atoms in total. The van der Waals surface area contributed by atoms with Crippen molar-refractivity contribution in [1.29, 1.82) is 0 Å². The first kappa shape index (κ1) is 31.8. The second kappa shape index (κ2) is 11.4. The summed E-state index contributed by atoms with van der Waals surface area (Å²) in [5.74, 6) is 2.01. The molecule has 2 aliphatic rings. The molecule has 11 rings (SSSR count). The Morgan fingerprint density at radius 2 is 1.07 bits per heavy atom. The van der Waals surface area contributed by atoms with E-state index in [4.69, 9.17) is 19.9 Å². The van der Waals surface area contributed by atoms with E-state index in [9.17, 15) is 0 Å². The molecule has 0 fully saturated rings. The lowest BCUT2D eigenvalue weighted by Crippen LogP contribution is -2.17. The van der Waals surface area contributed by atoms with Crippen molar-refractivity contribution in [2.45, 2.75) is 38.5 Å². The molecule has 0 unspecified atom stereocenters. The Morgan fingerprint density at radius 3 is 1.95 bits per heavy atom. The van der Waals surface area contributed by atoms with Gasteiger partial charge in [-0.05, 0) is 80.9 Å². The van der Waals surface area contributed by atoms with Gasteiger partial charge in [-0.25, -0.2) is 19.9 Å². The third kappa shape index (κ3) is 4.53. The van der Waals surface area contributed by atoms with Crippen LogP contribution in [0.15, 0.2) is 152 Å². The molecule has 55 heavy (non-hydrogen) atoms. The SMILES string of the molecule is CC1(C)c2ccccc2-c2ccc(-c3nc(-c4ccccc4)nc(-c4cccc5c4C(C)(C)c4cc(-n6c7ccccc7c7cccnc76)ccc4-5)n3)cc21. The van der Waals surface area contributed by atoms with Crippen molar-refractivity contribution >= 4 is 21.9 Å². The lowest BCUT2D eigenvalue weighted by atomic mass is 9.80. The van der Waals surface area contributed by atoms with E-state index in [-0.39, 0.29) is 10.8 Å². The molecule has 0 saturated carbocycles. The first-order chi connectivity index (χ1) is 26.8. The fourth-order valence-corrected chi connectivity index (χ4v) is 9.44. The van der Waals surface area contributed by atoms with Crippen LogP contribution in [0.4, 0.5) is 0 Å². The molecule has 0 amide bonds. The van der Waals surface area contributed by atoms with E-state index in [1.54, 1.807) is 0 Å². The zero-order valence-electron chi connectivity index (χ0n) is 31.2. The average Bonchev–Trinajstić information content (AvgIpc) is 3.77. The highest BCUT2D eigenvalue weighted by atomic mass is 15.0. The van der Waals surface area contributed by atoms with Gasteiger partial charge < -0.3 is 0 Å². The van der Waals surface area contributed by atoms with E-state index >= 15 is 0 Å². The molecule has 6 aromatic carbocycles. The summed E-state index contributed by atoms with van der Waals surface area (Å²) < 4.78 is 2.30. The zero-order valence-corrected chi connectivity index (χ0v) is 31.2. The van der Waals surface area contributed by atoms with E-state index in [1.807, 2.05) is 30.5 Å². The highest BCUT2D eigenvalue weighted by Gasteiger charge is 2.39. The van der Waals surface area contributed by atoms with Crippen molar-refractivity contribution in [2.24, 2.45) is 0 Å². The summed E-state index contributed by atoms with van der Waals surface area (Å²) in [5, 5.41) is 2.35. The minimum atomic E-state index is -0.341. The van der Waals surface area contributed by atoms with Gasteiger partial charge in [0.2, 0.25) is 0 Å². The largest absolute Gasteiger partial charge is 0.294 e. The van der Waals surface area contributed by atoms with Crippen LogP contribution in [0.1, 0.15) is 49.9 Å². The second-order valence-corrected chi connectivity index (χ2v) is 15.9. The molecule has 0 radical (unpaired) electrons. The second-order valence-electron chi connectivity index (χ2n) is 15.9. The molecule has 9 aromatic rings.